The molecule has 2 aromatic carbocycles. The number of ketones is 1. The van der Waals surface area contributed by atoms with Crippen LogP contribution in [0, 0.1) is 6.92 Å². The van der Waals surface area contributed by atoms with Gasteiger partial charge >= 0.3 is 0 Å². The van der Waals surface area contributed by atoms with Crippen LogP contribution in [0.2, 0.25) is 10.0 Å². The van der Waals surface area contributed by atoms with Gasteiger partial charge in [0.25, 0.3) is 11.7 Å². The van der Waals surface area contributed by atoms with Gasteiger partial charge in [0.15, 0.2) is 0 Å². The third kappa shape index (κ3) is 3.52. The molecule has 3 aromatic rings. The number of aliphatic hydroxyl groups is 1. The van der Waals surface area contributed by atoms with Crippen LogP contribution < -0.4 is 9.64 Å². The first kappa shape index (κ1) is 22.2. The lowest BCUT2D eigenvalue weighted by atomic mass is 9.97. The first-order valence-electron chi connectivity index (χ1n) is 9.42. The molecule has 1 aliphatic rings. The molecule has 1 fully saturated rings. The van der Waals surface area contributed by atoms with Crippen LogP contribution in [-0.4, -0.2) is 29.0 Å². The van der Waals surface area contributed by atoms with Crippen LogP contribution in [0.4, 0.5) is 5.69 Å². The van der Waals surface area contributed by atoms with Crippen LogP contribution in [0.3, 0.4) is 0 Å². The van der Waals surface area contributed by atoms with Gasteiger partial charge in [0.2, 0.25) is 0 Å². The van der Waals surface area contributed by atoms with E-state index in [-0.39, 0.29) is 38.4 Å². The number of amides is 1. The lowest BCUT2D eigenvalue weighted by Gasteiger charge is -2.25. The normalized spacial score (nSPS) is 17.8. The lowest BCUT2D eigenvalue weighted by Crippen LogP contribution is -2.29. The standard InChI is InChI=1S/C23H17Cl2NO5S/c1-11-7-8-32-22(11)18-17(19(28)13-9-12(24)10-14(25)21(13)31-2)20(29)23(30)26(18)15-5-3-4-6-16(15)27/h3-10,18,27-28H,1-2H3/b19-17+. The number of aliphatic hydroxyl groups excluding tert-OH is 1. The average molecular weight is 490 g/mol. The number of halogens is 2. The topological polar surface area (TPSA) is 87.1 Å². The van der Waals surface area contributed by atoms with E-state index in [1.165, 1.54) is 47.6 Å². The minimum absolute atomic E-state index is 0.0829. The second-order valence-corrected chi connectivity index (χ2v) is 8.89. The molecule has 1 amide bonds. The van der Waals surface area contributed by atoms with Gasteiger partial charge in [-0.2, -0.15) is 0 Å². The SMILES string of the molecule is COc1c(Cl)cc(Cl)cc1/C(O)=C1\C(=O)C(=O)N(c2ccccc2O)C1c1sccc1C. The minimum Gasteiger partial charge on any atom is -0.507 e. The van der Waals surface area contributed by atoms with Crippen LogP contribution in [0.25, 0.3) is 5.76 Å². The summed E-state index contributed by atoms with van der Waals surface area (Å²) in [4.78, 5) is 28.2. The molecule has 1 aliphatic heterocycles. The number of thiophene rings is 1. The second kappa shape index (κ2) is 8.50. The van der Waals surface area contributed by atoms with Gasteiger partial charge in [-0.05, 0) is 48.2 Å². The highest BCUT2D eigenvalue weighted by atomic mass is 35.5. The summed E-state index contributed by atoms with van der Waals surface area (Å²) in [6, 6.07) is 9.95. The smallest absolute Gasteiger partial charge is 0.300 e. The maximum absolute atomic E-state index is 13.2. The third-order valence-corrected chi connectivity index (χ3v) is 6.77. The summed E-state index contributed by atoms with van der Waals surface area (Å²) in [6.45, 7) is 1.84. The zero-order chi connectivity index (χ0) is 23.2. The Morgan fingerprint density at radius 3 is 2.50 bits per heavy atom. The number of ether oxygens (including phenoxy) is 1. The Labute approximate surface area is 197 Å². The van der Waals surface area contributed by atoms with E-state index >= 15 is 0 Å². The molecule has 32 heavy (non-hydrogen) atoms. The molecule has 0 saturated carbocycles. The number of methoxy groups -OCH3 is 1. The van der Waals surface area contributed by atoms with Gasteiger partial charge < -0.3 is 14.9 Å². The first-order chi connectivity index (χ1) is 15.3. The molecule has 1 aromatic heterocycles. The molecule has 0 bridgehead atoms. The molecule has 2 heterocycles. The average Bonchev–Trinajstić information content (AvgIpc) is 3.28. The summed E-state index contributed by atoms with van der Waals surface area (Å²) in [5, 5.41) is 23.9. The Kier molecular flexibility index (Phi) is 5.90. The van der Waals surface area contributed by atoms with Gasteiger partial charge in [0, 0.05) is 9.90 Å². The van der Waals surface area contributed by atoms with Crippen LogP contribution in [-0.2, 0) is 9.59 Å². The molecule has 1 saturated heterocycles. The number of phenolic OH excluding ortho intramolecular Hbond substituents is 1. The Hall–Kier alpha value is -3.00. The van der Waals surface area contributed by atoms with E-state index in [2.05, 4.69) is 0 Å². The van der Waals surface area contributed by atoms with Crippen molar-refractivity contribution in [1.29, 1.82) is 0 Å². The number of carbonyl (C=O) groups is 2. The number of nitrogens with zero attached hydrogens (tertiary/aromatic N) is 1. The molecular weight excluding hydrogens is 473 g/mol. The highest BCUT2D eigenvalue weighted by Crippen LogP contribution is 2.48. The molecule has 4 rings (SSSR count). The highest BCUT2D eigenvalue weighted by Gasteiger charge is 2.48. The van der Waals surface area contributed by atoms with Crippen molar-refractivity contribution < 1.29 is 24.5 Å². The number of benzene rings is 2. The van der Waals surface area contributed by atoms with E-state index in [9.17, 15) is 19.8 Å². The van der Waals surface area contributed by atoms with Gasteiger partial charge in [-0.15, -0.1) is 11.3 Å². The van der Waals surface area contributed by atoms with E-state index in [4.69, 9.17) is 27.9 Å². The first-order valence-corrected chi connectivity index (χ1v) is 11.1. The fourth-order valence-electron chi connectivity index (χ4n) is 3.75. The Balaban J connectivity index is 2.03. The molecule has 0 aliphatic carbocycles. The van der Waals surface area contributed by atoms with Gasteiger partial charge in [0.05, 0.1) is 29.0 Å². The number of aryl methyl sites for hydroxylation is 1. The Bertz CT molecular complexity index is 1280. The van der Waals surface area contributed by atoms with Crippen LogP contribution in [0.1, 0.15) is 22.0 Å². The maximum atomic E-state index is 13.2. The zero-order valence-electron chi connectivity index (χ0n) is 16.9. The summed E-state index contributed by atoms with van der Waals surface area (Å²) in [7, 11) is 1.37. The summed E-state index contributed by atoms with van der Waals surface area (Å²) in [5.74, 6) is -2.30. The van der Waals surface area contributed by atoms with Crippen molar-refractivity contribution >= 4 is 57.7 Å². The number of para-hydroxylation sites is 2. The van der Waals surface area contributed by atoms with Gasteiger partial charge in [-0.3, -0.25) is 14.5 Å². The molecule has 6 nitrogen and oxygen atoms in total. The number of phenols is 1. The van der Waals surface area contributed by atoms with Crippen molar-refractivity contribution in [2.45, 2.75) is 13.0 Å². The third-order valence-electron chi connectivity index (χ3n) is 5.20. The van der Waals surface area contributed by atoms with Crippen molar-refractivity contribution in [2.24, 2.45) is 0 Å². The maximum Gasteiger partial charge on any atom is 0.300 e. The largest absolute Gasteiger partial charge is 0.507 e. The Morgan fingerprint density at radius 2 is 1.88 bits per heavy atom. The van der Waals surface area contributed by atoms with E-state index in [0.717, 1.165) is 5.56 Å². The quantitative estimate of drug-likeness (QED) is 0.278. The molecule has 2 N–H and O–H groups in total. The number of carbonyl (C=O) groups excluding carboxylic acids is 2. The Morgan fingerprint density at radius 1 is 1.16 bits per heavy atom. The van der Waals surface area contributed by atoms with Crippen molar-refractivity contribution in [3.8, 4) is 11.5 Å². The zero-order valence-corrected chi connectivity index (χ0v) is 19.3. The van der Waals surface area contributed by atoms with Gasteiger partial charge in [-0.1, -0.05) is 35.3 Å². The minimum atomic E-state index is -0.967. The molecule has 0 spiro atoms. The molecular formula is C23H17Cl2NO5S. The number of aromatic hydroxyl groups is 1. The fraction of sp³-hybridized carbons (Fsp3) is 0.130. The highest BCUT2D eigenvalue weighted by molar-refractivity contribution is 7.10. The molecule has 1 unspecified atom stereocenters. The van der Waals surface area contributed by atoms with Crippen molar-refractivity contribution in [2.75, 3.05) is 12.0 Å². The van der Waals surface area contributed by atoms with Crippen LogP contribution in [0.5, 0.6) is 11.5 Å². The second-order valence-electron chi connectivity index (χ2n) is 7.09. The number of Topliss-reactive ketones (excluding diaryl/α,β-unsaturated/α-hetero) is 1. The van der Waals surface area contributed by atoms with E-state index in [0.29, 0.717) is 4.88 Å². The summed E-state index contributed by atoms with van der Waals surface area (Å²) >= 11 is 13.7. The predicted octanol–water partition coefficient (Wildman–Crippen LogP) is 5.70. The lowest BCUT2D eigenvalue weighted by molar-refractivity contribution is -0.132. The molecule has 1 atom stereocenters. The molecule has 164 valence electrons. The van der Waals surface area contributed by atoms with Gasteiger partial charge in [0.1, 0.15) is 23.3 Å². The fourth-order valence-corrected chi connectivity index (χ4v) is 5.35. The van der Waals surface area contributed by atoms with Crippen molar-refractivity contribution in [1.82, 2.24) is 0 Å². The molecule has 9 heteroatoms. The number of anilines is 1. The van der Waals surface area contributed by atoms with Crippen LogP contribution >= 0.6 is 34.5 Å². The summed E-state index contributed by atoms with van der Waals surface area (Å²) < 4.78 is 5.32. The van der Waals surface area contributed by atoms with Crippen molar-refractivity contribution in [3.05, 3.63) is 79.5 Å². The van der Waals surface area contributed by atoms with Gasteiger partial charge in [-0.25, -0.2) is 0 Å². The summed E-state index contributed by atoms with van der Waals surface area (Å²) in [5.41, 5.74) is 0.909. The van der Waals surface area contributed by atoms with Crippen LogP contribution in [0.15, 0.2) is 53.4 Å². The number of hydrogen-bond donors (Lipinski definition) is 2. The number of hydrogen-bond acceptors (Lipinski definition) is 6. The summed E-state index contributed by atoms with van der Waals surface area (Å²) in [6.07, 6.45) is 0. The molecule has 0 radical (unpaired) electrons. The monoisotopic (exact) mass is 489 g/mol. The van der Waals surface area contributed by atoms with E-state index in [1.54, 1.807) is 12.1 Å². The van der Waals surface area contributed by atoms with Crippen molar-refractivity contribution in [3.63, 3.8) is 0 Å². The van der Waals surface area contributed by atoms with E-state index in [1.807, 2.05) is 18.4 Å². The predicted molar refractivity (Wildman–Crippen MR) is 125 cm³/mol. The van der Waals surface area contributed by atoms with E-state index < -0.39 is 23.5 Å². The number of rotatable bonds is 4.